The molecule has 24 heavy (non-hydrogen) atoms. The maximum absolute atomic E-state index is 13.3. The molecule has 0 saturated carbocycles. The van der Waals surface area contributed by atoms with E-state index >= 15 is 0 Å². The molecular formula is C15H12F3N3O2S. The molecule has 0 atom stereocenters. The van der Waals surface area contributed by atoms with E-state index in [2.05, 4.69) is 4.98 Å². The summed E-state index contributed by atoms with van der Waals surface area (Å²) in [5.41, 5.74) is -1.76. The number of hydrogen-bond donors (Lipinski definition) is 0. The highest BCUT2D eigenvalue weighted by molar-refractivity contribution is 8.00. The molecule has 2 aromatic heterocycles. The topological polar surface area (TPSA) is 70.1 Å². The Kier molecular flexibility index (Phi) is 5.19. The molecule has 0 aliphatic carbocycles. The zero-order valence-electron chi connectivity index (χ0n) is 12.7. The summed E-state index contributed by atoms with van der Waals surface area (Å²) in [7, 11) is 3.06. The van der Waals surface area contributed by atoms with E-state index in [9.17, 15) is 18.0 Å². The van der Waals surface area contributed by atoms with Gasteiger partial charge >= 0.3 is 6.18 Å². The van der Waals surface area contributed by atoms with Gasteiger partial charge in [-0.25, -0.2) is 4.98 Å². The number of hydrogen-bond acceptors (Lipinski definition) is 5. The lowest BCUT2D eigenvalue weighted by atomic mass is 10.1. The molecule has 2 heterocycles. The van der Waals surface area contributed by atoms with Crippen molar-refractivity contribution in [2.24, 2.45) is 0 Å². The van der Waals surface area contributed by atoms with Gasteiger partial charge in [0.2, 0.25) is 5.91 Å². The van der Waals surface area contributed by atoms with Crippen molar-refractivity contribution < 1.29 is 22.4 Å². The van der Waals surface area contributed by atoms with Crippen LogP contribution in [-0.4, -0.2) is 35.6 Å². The number of nitriles is 1. The van der Waals surface area contributed by atoms with Crippen molar-refractivity contribution in [3.8, 4) is 17.5 Å². The van der Waals surface area contributed by atoms with E-state index in [0.29, 0.717) is 0 Å². The number of nitrogens with zero attached hydrogens (tertiary/aromatic N) is 3. The number of carbonyl (C=O) groups excluding carboxylic acids is 1. The molecule has 0 aliphatic heterocycles. The largest absolute Gasteiger partial charge is 0.463 e. The Morgan fingerprint density at radius 2 is 2.17 bits per heavy atom. The highest BCUT2D eigenvalue weighted by Gasteiger charge is 2.36. The lowest BCUT2D eigenvalue weighted by Gasteiger charge is -2.14. The highest BCUT2D eigenvalue weighted by Crippen LogP contribution is 2.37. The lowest BCUT2D eigenvalue weighted by Crippen LogP contribution is -2.23. The maximum atomic E-state index is 13.3. The Labute approximate surface area is 140 Å². The molecular weight excluding hydrogens is 343 g/mol. The molecule has 0 aliphatic rings. The minimum absolute atomic E-state index is 0.0499. The van der Waals surface area contributed by atoms with E-state index < -0.39 is 17.3 Å². The van der Waals surface area contributed by atoms with Gasteiger partial charge in [0, 0.05) is 14.1 Å². The van der Waals surface area contributed by atoms with Crippen molar-refractivity contribution in [2.75, 3.05) is 19.8 Å². The number of rotatable bonds is 4. The van der Waals surface area contributed by atoms with Gasteiger partial charge < -0.3 is 9.32 Å². The van der Waals surface area contributed by atoms with E-state index in [1.165, 1.54) is 43.5 Å². The zero-order chi connectivity index (χ0) is 17.9. The first-order chi connectivity index (χ1) is 11.2. The van der Waals surface area contributed by atoms with Gasteiger partial charge in [-0.15, -0.1) is 0 Å². The second-order valence-corrected chi connectivity index (χ2v) is 5.86. The summed E-state index contributed by atoms with van der Waals surface area (Å²) in [6.07, 6.45) is -3.42. The SMILES string of the molecule is CN(C)C(=O)CSc1nc(-c2ccco2)cc(C(F)(F)F)c1C#N. The van der Waals surface area contributed by atoms with Crippen LogP contribution in [0.1, 0.15) is 11.1 Å². The number of alkyl halides is 3. The van der Waals surface area contributed by atoms with Crippen molar-refractivity contribution in [1.29, 1.82) is 5.26 Å². The van der Waals surface area contributed by atoms with Crippen LogP contribution in [0.5, 0.6) is 0 Å². The number of thioether (sulfide) groups is 1. The van der Waals surface area contributed by atoms with Crippen LogP contribution < -0.4 is 0 Å². The first-order valence-corrected chi connectivity index (χ1v) is 7.61. The molecule has 5 nitrogen and oxygen atoms in total. The summed E-state index contributed by atoms with van der Waals surface area (Å²) in [4.78, 5) is 17.0. The van der Waals surface area contributed by atoms with Gasteiger partial charge in [-0.1, -0.05) is 11.8 Å². The Balaban J connectivity index is 2.53. The van der Waals surface area contributed by atoms with Crippen LogP contribution in [0.3, 0.4) is 0 Å². The van der Waals surface area contributed by atoms with Crippen LogP contribution in [0.4, 0.5) is 13.2 Å². The number of amides is 1. The fourth-order valence-electron chi connectivity index (χ4n) is 1.77. The van der Waals surface area contributed by atoms with Crippen molar-refractivity contribution in [3.05, 3.63) is 35.6 Å². The van der Waals surface area contributed by atoms with Crippen molar-refractivity contribution in [3.63, 3.8) is 0 Å². The van der Waals surface area contributed by atoms with Crippen LogP contribution in [-0.2, 0) is 11.0 Å². The van der Waals surface area contributed by atoms with Crippen LogP contribution >= 0.6 is 11.8 Å². The van der Waals surface area contributed by atoms with Crippen LogP contribution in [0.15, 0.2) is 33.9 Å². The fourth-order valence-corrected chi connectivity index (χ4v) is 2.75. The van der Waals surface area contributed by atoms with Crippen molar-refractivity contribution in [1.82, 2.24) is 9.88 Å². The third-order valence-corrected chi connectivity index (χ3v) is 3.97. The minimum Gasteiger partial charge on any atom is -0.463 e. The van der Waals surface area contributed by atoms with Crippen LogP contribution in [0.25, 0.3) is 11.5 Å². The number of halogens is 3. The molecule has 2 rings (SSSR count). The molecule has 1 amide bonds. The molecule has 0 unspecified atom stereocenters. The monoisotopic (exact) mass is 355 g/mol. The summed E-state index contributed by atoms with van der Waals surface area (Å²) in [6, 6.07) is 5.30. The molecule has 126 valence electrons. The van der Waals surface area contributed by atoms with E-state index in [1.54, 1.807) is 0 Å². The predicted molar refractivity (Wildman–Crippen MR) is 81.1 cm³/mol. The smallest absolute Gasteiger partial charge is 0.417 e. The van der Waals surface area contributed by atoms with E-state index in [-0.39, 0.29) is 28.1 Å². The van der Waals surface area contributed by atoms with Gasteiger partial charge in [0.1, 0.15) is 16.8 Å². The minimum atomic E-state index is -4.73. The molecule has 0 fully saturated rings. The summed E-state index contributed by atoms with van der Waals surface area (Å²) < 4.78 is 44.9. The molecule has 2 aromatic rings. The average molecular weight is 355 g/mol. The van der Waals surface area contributed by atoms with Crippen molar-refractivity contribution in [2.45, 2.75) is 11.2 Å². The summed E-state index contributed by atoms with van der Waals surface area (Å²) in [5.74, 6) is -0.290. The Hall–Kier alpha value is -2.47. The number of pyridine rings is 1. The number of furan rings is 1. The zero-order valence-corrected chi connectivity index (χ0v) is 13.5. The Morgan fingerprint density at radius 1 is 1.46 bits per heavy atom. The van der Waals surface area contributed by atoms with E-state index in [4.69, 9.17) is 9.68 Å². The molecule has 9 heteroatoms. The van der Waals surface area contributed by atoms with Gasteiger partial charge in [0.25, 0.3) is 0 Å². The fraction of sp³-hybridized carbons (Fsp3) is 0.267. The van der Waals surface area contributed by atoms with Crippen LogP contribution in [0, 0.1) is 11.3 Å². The second kappa shape index (κ2) is 6.97. The first-order valence-electron chi connectivity index (χ1n) is 6.63. The molecule has 0 N–H and O–H groups in total. The standard InChI is InChI=1S/C15H12F3N3O2S/c1-21(2)13(22)8-24-14-9(7-19)10(15(16,17)18)6-11(20-14)12-4-3-5-23-12/h3-6H,8H2,1-2H3. The van der Waals surface area contributed by atoms with Crippen LogP contribution in [0.2, 0.25) is 0 Å². The third-order valence-electron chi connectivity index (χ3n) is 3.01. The van der Waals surface area contributed by atoms with Crippen molar-refractivity contribution >= 4 is 17.7 Å². The quantitative estimate of drug-likeness (QED) is 0.786. The van der Waals surface area contributed by atoms with Gasteiger partial charge in [-0.2, -0.15) is 18.4 Å². The lowest BCUT2D eigenvalue weighted by molar-refractivity contribution is -0.138. The Morgan fingerprint density at radius 3 is 2.67 bits per heavy atom. The first kappa shape index (κ1) is 17.9. The maximum Gasteiger partial charge on any atom is 0.417 e. The average Bonchev–Trinajstić information content (AvgIpc) is 3.04. The molecule has 0 aromatic carbocycles. The second-order valence-electron chi connectivity index (χ2n) is 4.90. The van der Waals surface area contributed by atoms with Gasteiger partial charge in [-0.3, -0.25) is 4.79 Å². The number of aromatic nitrogens is 1. The van der Waals surface area contributed by atoms with E-state index in [1.807, 2.05) is 0 Å². The third kappa shape index (κ3) is 3.89. The molecule has 0 spiro atoms. The van der Waals surface area contributed by atoms with Gasteiger partial charge in [0.15, 0.2) is 5.76 Å². The summed E-state index contributed by atoms with van der Waals surface area (Å²) >= 11 is 0.783. The van der Waals surface area contributed by atoms with E-state index in [0.717, 1.165) is 17.8 Å². The summed E-state index contributed by atoms with van der Waals surface area (Å²) in [6.45, 7) is 0. The van der Waals surface area contributed by atoms with Gasteiger partial charge in [-0.05, 0) is 18.2 Å². The molecule has 0 bridgehead atoms. The normalized spacial score (nSPS) is 11.2. The molecule has 0 saturated heterocycles. The van der Waals surface area contributed by atoms with Gasteiger partial charge in [0.05, 0.1) is 23.1 Å². The predicted octanol–water partition coefficient (Wildman–Crippen LogP) is 3.41. The highest BCUT2D eigenvalue weighted by atomic mass is 32.2. The number of carbonyl (C=O) groups is 1. The molecule has 0 radical (unpaired) electrons. The summed E-state index contributed by atoms with van der Waals surface area (Å²) in [5, 5.41) is 8.98. The Bertz CT molecular complexity index is 780.